The molecule has 2 saturated heterocycles. The minimum Gasteiger partial charge on any atom is -0.360 e. The average Bonchev–Trinajstić information content (AvgIpc) is 3.01. The van der Waals surface area contributed by atoms with Gasteiger partial charge in [0.1, 0.15) is 10.6 Å². The first-order valence-corrected chi connectivity index (χ1v) is 11.2. The molecular weight excluding hydrogens is 368 g/mol. The van der Waals surface area contributed by atoms with Crippen molar-refractivity contribution < 1.29 is 17.7 Å². The molecule has 0 saturated carbocycles. The number of hydrogen-bond acceptors (Lipinski definition) is 6. The highest BCUT2D eigenvalue weighted by Crippen LogP contribution is 2.28. The fraction of sp³-hybridized carbons (Fsp3) is 0.778. The molecule has 1 N–H and O–H groups in total. The Balaban J connectivity index is 1.53. The number of rotatable bonds is 5. The third-order valence-electron chi connectivity index (χ3n) is 5.77. The molecular formula is C18H30N4O4S. The van der Waals surface area contributed by atoms with Crippen molar-refractivity contribution >= 4 is 15.9 Å². The summed E-state index contributed by atoms with van der Waals surface area (Å²) in [7, 11) is -3.63. The standard InChI is InChI=1S/C18H30N4O4S/c1-4-21-9-7-16(8-10-21)19-18(23)15-5-11-22(12-6-15)27(24,25)17-13(2)20-26-14(17)3/h15-16H,4-12H2,1-3H3,(H,19,23). The van der Waals surface area contributed by atoms with Gasteiger partial charge in [0.05, 0.1) is 0 Å². The van der Waals surface area contributed by atoms with Crippen LogP contribution in [0.2, 0.25) is 0 Å². The van der Waals surface area contributed by atoms with Crippen molar-refractivity contribution in [1.29, 1.82) is 0 Å². The maximum absolute atomic E-state index is 12.9. The zero-order valence-electron chi connectivity index (χ0n) is 16.4. The lowest BCUT2D eigenvalue weighted by molar-refractivity contribution is -0.127. The van der Waals surface area contributed by atoms with Crippen LogP contribution in [0.4, 0.5) is 0 Å². The lowest BCUT2D eigenvalue weighted by Gasteiger charge is -2.34. The number of carbonyl (C=O) groups excluding carboxylic acids is 1. The van der Waals surface area contributed by atoms with E-state index in [0.717, 1.165) is 32.5 Å². The summed E-state index contributed by atoms with van der Waals surface area (Å²) in [6.45, 7) is 9.19. The summed E-state index contributed by atoms with van der Waals surface area (Å²) >= 11 is 0. The minimum atomic E-state index is -3.63. The van der Waals surface area contributed by atoms with Crippen LogP contribution in [0.1, 0.15) is 44.1 Å². The summed E-state index contributed by atoms with van der Waals surface area (Å²) in [5, 5.41) is 6.92. The molecule has 0 atom stereocenters. The van der Waals surface area contributed by atoms with Crippen LogP contribution in [-0.2, 0) is 14.8 Å². The first kappa shape index (κ1) is 20.3. The van der Waals surface area contributed by atoms with Crippen molar-refractivity contribution in [3.63, 3.8) is 0 Å². The molecule has 9 heteroatoms. The van der Waals surface area contributed by atoms with E-state index in [1.54, 1.807) is 13.8 Å². The molecule has 2 aliphatic rings. The molecule has 1 amide bonds. The fourth-order valence-electron chi connectivity index (χ4n) is 4.04. The Morgan fingerprint density at radius 3 is 2.30 bits per heavy atom. The molecule has 152 valence electrons. The Morgan fingerprint density at radius 2 is 1.78 bits per heavy atom. The smallest absolute Gasteiger partial charge is 0.248 e. The summed E-state index contributed by atoms with van der Waals surface area (Å²) in [6, 6.07) is 0.240. The second-order valence-corrected chi connectivity index (χ2v) is 9.42. The monoisotopic (exact) mass is 398 g/mol. The maximum Gasteiger partial charge on any atom is 0.248 e. The van der Waals surface area contributed by atoms with Gasteiger partial charge in [0, 0.05) is 38.1 Å². The third kappa shape index (κ3) is 4.35. The first-order chi connectivity index (χ1) is 12.8. The Hall–Kier alpha value is -1.45. The Kier molecular flexibility index (Phi) is 6.22. The second kappa shape index (κ2) is 8.28. The van der Waals surface area contributed by atoms with Crippen molar-refractivity contribution in [1.82, 2.24) is 19.7 Å². The Morgan fingerprint density at radius 1 is 1.15 bits per heavy atom. The zero-order valence-corrected chi connectivity index (χ0v) is 17.2. The van der Waals surface area contributed by atoms with E-state index in [2.05, 4.69) is 22.3 Å². The van der Waals surface area contributed by atoms with Crippen LogP contribution in [0.3, 0.4) is 0 Å². The van der Waals surface area contributed by atoms with Gasteiger partial charge in [-0.1, -0.05) is 12.1 Å². The van der Waals surface area contributed by atoms with Gasteiger partial charge in [0.25, 0.3) is 0 Å². The fourth-order valence-corrected chi connectivity index (χ4v) is 5.80. The molecule has 3 heterocycles. The molecule has 2 aliphatic heterocycles. The molecule has 0 radical (unpaired) electrons. The summed E-state index contributed by atoms with van der Waals surface area (Å²) in [6.07, 6.45) is 3.06. The first-order valence-electron chi connectivity index (χ1n) is 9.78. The van der Waals surface area contributed by atoms with E-state index < -0.39 is 10.0 Å². The molecule has 3 rings (SSSR count). The van der Waals surface area contributed by atoms with Crippen LogP contribution < -0.4 is 5.32 Å². The number of sulfonamides is 1. The van der Waals surface area contributed by atoms with Crippen LogP contribution in [0.25, 0.3) is 0 Å². The number of hydrogen-bond donors (Lipinski definition) is 1. The molecule has 1 aromatic heterocycles. The number of piperidine rings is 2. The third-order valence-corrected chi connectivity index (χ3v) is 7.92. The summed E-state index contributed by atoms with van der Waals surface area (Å²) in [4.78, 5) is 15.1. The van der Waals surface area contributed by atoms with E-state index in [1.165, 1.54) is 4.31 Å². The zero-order chi connectivity index (χ0) is 19.6. The van der Waals surface area contributed by atoms with Gasteiger partial charge in [-0.25, -0.2) is 8.42 Å². The summed E-state index contributed by atoms with van der Waals surface area (Å²) < 4.78 is 32.2. The lowest BCUT2D eigenvalue weighted by atomic mass is 9.96. The largest absolute Gasteiger partial charge is 0.360 e. The van der Waals surface area contributed by atoms with Crippen molar-refractivity contribution in [2.24, 2.45) is 5.92 Å². The van der Waals surface area contributed by atoms with Crippen molar-refractivity contribution in [3.8, 4) is 0 Å². The van der Waals surface area contributed by atoms with Gasteiger partial charge in [-0.15, -0.1) is 0 Å². The van der Waals surface area contributed by atoms with E-state index in [4.69, 9.17) is 4.52 Å². The predicted octanol–water partition coefficient (Wildman–Crippen LogP) is 1.29. The Labute approximate surface area is 161 Å². The molecule has 0 aliphatic carbocycles. The highest BCUT2D eigenvalue weighted by Gasteiger charge is 2.36. The number of nitrogens with one attached hydrogen (secondary N) is 1. The van der Waals surface area contributed by atoms with E-state index >= 15 is 0 Å². The van der Waals surface area contributed by atoms with Crippen molar-refractivity contribution in [2.45, 2.75) is 57.4 Å². The van der Waals surface area contributed by atoms with Gasteiger partial charge in [-0.05, 0) is 46.1 Å². The number of nitrogens with zero attached hydrogens (tertiary/aromatic N) is 3. The molecule has 2 fully saturated rings. The van der Waals surface area contributed by atoms with Gasteiger partial charge in [-0.2, -0.15) is 4.31 Å². The van der Waals surface area contributed by atoms with Gasteiger partial charge in [-0.3, -0.25) is 4.79 Å². The quantitative estimate of drug-likeness (QED) is 0.803. The van der Waals surface area contributed by atoms with Crippen LogP contribution in [0, 0.1) is 19.8 Å². The Bertz CT molecular complexity index is 741. The van der Waals surface area contributed by atoms with Crippen LogP contribution in [0.5, 0.6) is 0 Å². The van der Waals surface area contributed by atoms with Gasteiger partial charge in [0.15, 0.2) is 5.76 Å². The van der Waals surface area contributed by atoms with Crippen LogP contribution in [0.15, 0.2) is 9.42 Å². The summed E-state index contributed by atoms with van der Waals surface area (Å²) in [5.74, 6) is 0.260. The summed E-state index contributed by atoms with van der Waals surface area (Å²) in [5.41, 5.74) is 0.380. The molecule has 0 unspecified atom stereocenters. The highest BCUT2D eigenvalue weighted by molar-refractivity contribution is 7.89. The van der Waals surface area contributed by atoms with E-state index in [0.29, 0.717) is 37.4 Å². The second-order valence-electron chi connectivity index (χ2n) is 7.55. The topological polar surface area (TPSA) is 95.8 Å². The molecule has 1 aromatic rings. The molecule has 8 nitrogen and oxygen atoms in total. The number of aromatic nitrogens is 1. The maximum atomic E-state index is 12.9. The predicted molar refractivity (Wildman–Crippen MR) is 101 cm³/mol. The van der Waals surface area contributed by atoms with Crippen molar-refractivity contribution in [3.05, 3.63) is 11.5 Å². The number of likely N-dealkylation sites (tertiary alicyclic amines) is 1. The van der Waals surface area contributed by atoms with E-state index in [1.807, 2.05) is 0 Å². The molecule has 27 heavy (non-hydrogen) atoms. The van der Waals surface area contributed by atoms with Gasteiger partial charge < -0.3 is 14.7 Å². The number of amides is 1. The van der Waals surface area contributed by atoms with Crippen LogP contribution >= 0.6 is 0 Å². The minimum absolute atomic E-state index is 0.0688. The lowest BCUT2D eigenvalue weighted by Crippen LogP contribution is -2.48. The normalized spacial score (nSPS) is 21.4. The number of carbonyl (C=O) groups is 1. The van der Waals surface area contributed by atoms with Crippen LogP contribution in [-0.4, -0.2) is 67.5 Å². The molecule has 0 bridgehead atoms. The molecule has 0 aromatic carbocycles. The number of aryl methyl sites for hydroxylation is 2. The SMILES string of the molecule is CCN1CCC(NC(=O)C2CCN(S(=O)(=O)c3c(C)noc3C)CC2)CC1. The van der Waals surface area contributed by atoms with E-state index in [-0.39, 0.29) is 22.8 Å². The van der Waals surface area contributed by atoms with E-state index in [9.17, 15) is 13.2 Å². The molecule has 0 spiro atoms. The highest BCUT2D eigenvalue weighted by atomic mass is 32.2. The van der Waals surface area contributed by atoms with Crippen molar-refractivity contribution in [2.75, 3.05) is 32.7 Å². The average molecular weight is 399 g/mol. The van der Waals surface area contributed by atoms with Gasteiger partial charge >= 0.3 is 0 Å². The van der Waals surface area contributed by atoms with Gasteiger partial charge in [0.2, 0.25) is 15.9 Å².